The van der Waals surface area contributed by atoms with Gasteiger partial charge in [-0.3, -0.25) is 9.59 Å². The van der Waals surface area contributed by atoms with E-state index in [0.717, 1.165) is 0 Å². The molecule has 5 N–H and O–H groups in total. The Morgan fingerprint density at radius 3 is 2.20 bits per heavy atom. The van der Waals surface area contributed by atoms with Crippen LogP contribution in [0.2, 0.25) is 0 Å². The quantitative estimate of drug-likeness (QED) is 0.473. The standard InChI is InChI=1S/C8H15N3O4/c1-4(3-6(12)13)10-8(15)11-5(2)7(9)14/h4-5H,3H2,1-2H3,(H2,9,14)(H,12,13)(H2,10,11,15). The number of carboxylic acids is 1. The maximum absolute atomic E-state index is 11.1. The van der Waals surface area contributed by atoms with E-state index in [1.165, 1.54) is 6.92 Å². The van der Waals surface area contributed by atoms with Crippen LogP contribution >= 0.6 is 0 Å². The zero-order chi connectivity index (χ0) is 12.0. The number of aliphatic carboxylic acids is 1. The number of hydrogen-bond donors (Lipinski definition) is 4. The number of primary amides is 1. The van der Waals surface area contributed by atoms with Crippen LogP contribution in [-0.4, -0.2) is 35.1 Å². The predicted molar refractivity (Wildman–Crippen MR) is 52.0 cm³/mol. The van der Waals surface area contributed by atoms with Crippen molar-refractivity contribution in [3.8, 4) is 0 Å². The van der Waals surface area contributed by atoms with Crippen LogP contribution in [0.15, 0.2) is 0 Å². The van der Waals surface area contributed by atoms with Crippen molar-refractivity contribution < 1.29 is 19.5 Å². The van der Waals surface area contributed by atoms with Crippen molar-refractivity contribution >= 4 is 17.9 Å². The highest BCUT2D eigenvalue weighted by Crippen LogP contribution is 1.90. The molecule has 86 valence electrons. The topological polar surface area (TPSA) is 122 Å². The minimum absolute atomic E-state index is 0.182. The minimum atomic E-state index is -1.01. The summed E-state index contributed by atoms with van der Waals surface area (Å²) in [6.07, 6.45) is -0.182. The first-order chi connectivity index (χ1) is 6.82. The summed E-state index contributed by atoms with van der Waals surface area (Å²) in [7, 11) is 0. The minimum Gasteiger partial charge on any atom is -0.481 e. The molecule has 0 rings (SSSR count). The molecule has 0 aromatic heterocycles. The normalized spacial score (nSPS) is 13.7. The van der Waals surface area contributed by atoms with E-state index >= 15 is 0 Å². The Morgan fingerprint density at radius 2 is 1.80 bits per heavy atom. The fourth-order valence-electron chi connectivity index (χ4n) is 0.846. The fourth-order valence-corrected chi connectivity index (χ4v) is 0.846. The van der Waals surface area contributed by atoms with E-state index in [0.29, 0.717) is 0 Å². The Labute approximate surface area is 87.0 Å². The Balaban J connectivity index is 3.93. The van der Waals surface area contributed by atoms with Crippen molar-refractivity contribution in [2.45, 2.75) is 32.4 Å². The third kappa shape index (κ3) is 6.30. The average Bonchev–Trinajstić information content (AvgIpc) is 2.00. The van der Waals surface area contributed by atoms with Crippen LogP contribution in [0.1, 0.15) is 20.3 Å². The van der Waals surface area contributed by atoms with E-state index in [9.17, 15) is 14.4 Å². The zero-order valence-electron chi connectivity index (χ0n) is 8.61. The van der Waals surface area contributed by atoms with Gasteiger partial charge in [-0.2, -0.15) is 0 Å². The smallest absolute Gasteiger partial charge is 0.315 e. The van der Waals surface area contributed by atoms with Gasteiger partial charge in [-0.1, -0.05) is 0 Å². The van der Waals surface area contributed by atoms with Gasteiger partial charge in [-0.15, -0.1) is 0 Å². The number of carboxylic acid groups (broad SMARTS) is 1. The van der Waals surface area contributed by atoms with Gasteiger partial charge in [0.05, 0.1) is 6.42 Å². The molecule has 3 amide bonds. The highest BCUT2D eigenvalue weighted by molar-refractivity contribution is 5.85. The highest BCUT2D eigenvalue weighted by Gasteiger charge is 2.14. The van der Waals surface area contributed by atoms with Crippen molar-refractivity contribution in [1.82, 2.24) is 10.6 Å². The third-order valence-electron chi connectivity index (χ3n) is 1.63. The fraction of sp³-hybridized carbons (Fsp3) is 0.625. The molecule has 15 heavy (non-hydrogen) atoms. The van der Waals surface area contributed by atoms with Crippen LogP contribution in [0.5, 0.6) is 0 Å². The molecule has 0 aliphatic carbocycles. The number of nitrogens with one attached hydrogen (secondary N) is 2. The molecule has 0 heterocycles. The van der Waals surface area contributed by atoms with E-state index in [-0.39, 0.29) is 6.42 Å². The van der Waals surface area contributed by atoms with Gasteiger partial charge in [0.1, 0.15) is 6.04 Å². The number of carbonyl (C=O) groups excluding carboxylic acids is 2. The Hall–Kier alpha value is -1.79. The van der Waals surface area contributed by atoms with Crippen molar-refractivity contribution in [2.24, 2.45) is 5.73 Å². The maximum atomic E-state index is 11.1. The molecule has 0 aromatic rings. The van der Waals surface area contributed by atoms with Crippen LogP contribution in [0.25, 0.3) is 0 Å². The molecule has 0 fully saturated rings. The lowest BCUT2D eigenvalue weighted by Gasteiger charge is -2.14. The molecule has 2 unspecified atom stereocenters. The lowest BCUT2D eigenvalue weighted by molar-refractivity contribution is -0.137. The van der Waals surface area contributed by atoms with Crippen molar-refractivity contribution in [3.63, 3.8) is 0 Å². The molecule has 0 spiro atoms. The number of rotatable bonds is 5. The Kier molecular flexibility index (Phi) is 5.14. The second kappa shape index (κ2) is 5.84. The number of hydrogen-bond acceptors (Lipinski definition) is 3. The predicted octanol–water partition coefficient (Wildman–Crippen LogP) is -0.977. The summed E-state index contributed by atoms with van der Waals surface area (Å²) in [6, 6.07) is -1.92. The van der Waals surface area contributed by atoms with Gasteiger partial charge in [0.2, 0.25) is 5.91 Å². The Morgan fingerprint density at radius 1 is 1.27 bits per heavy atom. The molecule has 0 aliphatic rings. The molecule has 0 bridgehead atoms. The monoisotopic (exact) mass is 217 g/mol. The SMILES string of the molecule is CC(CC(=O)O)NC(=O)NC(C)C(N)=O. The number of carbonyl (C=O) groups is 3. The van der Waals surface area contributed by atoms with Gasteiger partial charge in [0.25, 0.3) is 0 Å². The van der Waals surface area contributed by atoms with E-state index in [1.807, 2.05) is 0 Å². The average molecular weight is 217 g/mol. The van der Waals surface area contributed by atoms with E-state index in [2.05, 4.69) is 10.6 Å². The summed E-state index contributed by atoms with van der Waals surface area (Å²) in [6.45, 7) is 2.98. The van der Waals surface area contributed by atoms with Crippen LogP contribution in [0.3, 0.4) is 0 Å². The van der Waals surface area contributed by atoms with Gasteiger partial charge < -0.3 is 21.5 Å². The number of amides is 3. The first-order valence-electron chi connectivity index (χ1n) is 4.41. The first kappa shape index (κ1) is 13.2. The van der Waals surface area contributed by atoms with Gasteiger partial charge in [0.15, 0.2) is 0 Å². The van der Waals surface area contributed by atoms with Crippen molar-refractivity contribution in [2.75, 3.05) is 0 Å². The first-order valence-corrected chi connectivity index (χ1v) is 4.41. The van der Waals surface area contributed by atoms with Gasteiger partial charge in [0, 0.05) is 6.04 Å². The maximum Gasteiger partial charge on any atom is 0.315 e. The molecule has 7 nitrogen and oxygen atoms in total. The van der Waals surface area contributed by atoms with Gasteiger partial charge in [-0.25, -0.2) is 4.79 Å². The van der Waals surface area contributed by atoms with E-state index in [1.54, 1.807) is 6.92 Å². The second-order valence-corrected chi connectivity index (χ2v) is 3.24. The van der Waals surface area contributed by atoms with Crippen LogP contribution in [0.4, 0.5) is 4.79 Å². The molecular weight excluding hydrogens is 202 g/mol. The summed E-state index contributed by atoms with van der Waals surface area (Å²) >= 11 is 0. The van der Waals surface area contributed by atoms with Crippen LogP contribution < -0.4 is 16.4 Å². The number of nitrogens with two attached hydrogens (primary N) is 1. The summed E-state index contributed by atoms with van der Waals surface area (Å²) in [5, 5.41) is 13.0. The summed E-state index contributed by atoms with van der Waals surface area (Å²) < 4.78 is 0. The van der Waals surface area contributed by atoms with Crippen molar-refractivity contribution in [3.05, 3.63) is 0 Å². The summed E-state index contributed by atoms with van der Waals surface area (Å²) in [5.74, 6) is -1.67. The zero-order valence-corrected chi connectivity index (χ0v) is 8.61. The molecule has 0 saturated carbocycles. The molecule has 0 saturated heterocycles. The molecular formula is C8H15N3O4. The van der Waals surface area contributed by atoms with Crippen molar-refractivity contribution in [1.29, 1.82) is 0 Å². The van der Waals surface area contributed by atoms with Crippen LogP contribution in [0, 0.1) is 0 Å². The second-order valence-electron chi connectivity index (χ2n) is 3.24. The molecule has 0 radical (unpaired) electrons. The molecule has 2 atom stereocenters. The number of urea groups is 1. The molecule has 7 heteroatoms. The van der Waals surface area contributed by atoms with Crippen LogP contribution in [-0.2, 0) is 9.59 Å². The Bertz CT molecular complexity index is 267. The molecule has 0 aliphatic heterocycles. The third-order valence-corrected chi connectivity index (χ3v) is 1.63. The summed E-state index contributed by atoms with van der Waals surface area (Å²) in [4.78, 5) is 32.0. The van der Waals surface area contributed by atoms with E-state index in [4.69, 9.17) is 10.8 Å². The lowest BCUT2D eigenvalue weighted by Crippen LogP contribution is -2.49. The highest BCUT2D eigenvalue weighted by atomic mass is 16.4. The van der Waals surface area contributed by atoms with E-state index < -0.39 is 30.0 Å². The molecule has 0 aromatic carbocycles. The van der Waals surface area contributed by atoms with Gasteiger partial charge >= 0.3 is 12.0 Å². The van der Waals surface area contributed by atoms with Gasteiger partial charge in [-0.05, 0) is 13.8 Å². The summed E-state index contributed by atoms with van der Waals surface area (Å²) in [5.41, 5.74) is 4.92. The largest absolute Gasteiger partial charge is 0.481 e. The lowest BCUT2D eigenvalue weighted by atomic mass is 10.2.